The summed E-state index contributed by atoms with van der Waals surface area (Å²) in [5, 5.41) is 2.97. The summed E-state index contributed by atoms with van der Waals surface area (Å²) in [6.07, 6.45) is 4.21. The summed E-state index contributed by atoms with van der Waals surface area (Å²) in [6.45, 7) is 5.61. The van der Waals surface area contributed by atoms with Crippen molar-refractivity contribution in [2.45, 2.75) is 39.8 Å². The van der Waals surface area contributed by atoms with Crippen molar-refractivity contribution in [1.82, 2.24) is 14.9 Å². The monoisotopic (exact) mass is 299 g/mol. The van der Waals surface area contributed by atoms with Crippen LogP contribution in [0.15, 0.2) is 41.5 Å². The zero-order valence-corrected chi connectivity index (χ0v) is 13.2. The number of nitrogens with zero attached hydrogens (tertiary/aromatic N) is 2. The van der Waals surface area contributed by atoms with Gasteiger partial charge in [0.15, 0.2) is 0 Å². The Morgan fingerprint density at radius 1 is 1.32 bits per heavy atom. The SMILES string of the molecule is CC[C@H](NC(=O)Cn1c(C)ccc(C)c1=O)c1cccnc1. The van der Waals surface area contributed by atoms with Crippen molar-refractivity contribution >= 4 is 5.91 Å². The van der Waals surface area contributed by atoms with E-state index in [1.807, 2.05) is 32.0 Å². The minimum absolute atomic E-state index is 0.0309. The molecule has 2 aromatic heterocycles. The van der Waals surface area contributed by atoms with E-state index in [0.717, 1.165) is 17.7 Å². The Kier molecular flexibility index (Phi) is 5.09. The van der Waals surface area contributed by atoms with Crippen LogP contribution in [0.25, 0.3) is 0 Å². The van der Waals surface area contributed by atoms with Crippen molar-refractivity contribution in [3.05, 3.63) is 63.8 Å². The summed E-state index contributed by atoms with van der Waals surface area (Å²) in [4.78, 5) is 28.5. The molecule has 0 bridgehead atoms. The number of rotatable bonds is 5. The summed E-state index contributed by atoms with van der Waals surface area (Å²) >= 11 is 0. The summed E-state index contributed by atoms with van der Waals surface area (Å²) in [5.74, 6) is -0.175. The molecule has 1 N–H and O–H groups in total. The van der Waals surface area contributed by atoms with E-state index in [1.54, 1.807) is 25.4 Å². The van der Waals surface area contributed by atoms with Crippen molar-refractivity contribution in [1.29, 1.82) is 0 Å². The number of hydrogen-bond acceptors (Lipinski definition) is 3. The van der Waals surface area contributed by atoms with Crippen LogP contribution in [0.3, 0.4) is 0 Å². The Hall–Kier alpha value is -2.43. The Bertz CT molecular complexity index is 708. The molecule has 0 saturated carbocycles. The van der Waals surface area contributed by atoms with Crippen LogP contribution in [0.5, 0.6) is 0 Å². The van der Waals surface area contributed by atoms with E-state index in [1.165, 1.54) is 4.57 Å². The molecule has 5 nitrogen and oxygen atoms in total. The third-order valence-corrected chi connectivity index (χ3v) is 3.71. The number of hydrogen-bond donors (Lipinski definition) is 1. The Morgan fingerprint density at radius 3 is 2.73 bits per heavy atom. The lowest BCUT2D eigenvalue weighted by atomic mass is 10.1. The molecular formula is C17H21N3O2. The third-order valence-electron chi connectivity index (χ3n) is 3.71. The fourth-order valence-electron chi connectivity index (χ4n) is 2.36. The lowest BCUT2D eigenvalue weighted by molar-refractivity contribution is -0.122. The van der Waals surface area contributed by atoms with Gasteiger partial charge in [-0.25, -0.2) is 0 Å². The van der Waals surface area contributed by atoms with E-state index in [9.17, 15) is 9.59 Å². The highest BCUT2D eigenvalue weighted by Crippen LogP contribution is 2.14. The lowest BCUT2D eigenvalue weighted by Gasteiger charge is -2.18. The van der Waals surface area contributed by atoms with Gasteiger partial charge in [-0.15, -0.1) is 0 Å². The Balaban J connectivity index is 2.13. The van der Waals surface area contributed by atoms with Crippen LogP contribution in [0.1, 0.15) is 36.2 Å². The quantitative estimate of drug-likeness (QED) is 0.920. The maximum absolute atomic E-state index is 12.3. The molecule has 0 saturated heterocycles. The van der Waals surface area contributed by atoms with E-state index in [-0.39, 0.29) is 24.1 Å². The molecule has 0 radical (unpaired) electrons. The molecule has 2 heterocycles. The first-order valence-electron chi connectivity index (χ1n) is 7.39. The zero-order valence-electron chi connectivity index (χ0n) is 13.2. The van der Waals surface area contributed by atoms with Gasteiger partial charge in [0, 0.05) is 23.7 Å². The molecule has 0 aliphatic rings. The van der Waals surface area contributed by atoms with Gasteiger partial charge in [0.25, 0.3) is 5.56 Å². The third kappa shape index (κ3) is 3.61. The van der Waals surface area contributed by atoms with Gasteiger partial charge in [0.1, 0.15) is 6.54 Å². The predicted molar refractivity (Wildman–Crippen MR) is 85.6 cm³/mol. The van der Waals surface area contributed by atoms with Crippen molar-refractivity contribution in [2.75, 3.05) is 0 Å². The molecular weight excluding hydrogens is 278 g/mol. The van der Waals surface area contributed by atoms with Crippen LogP contribution in [-0.2, 0) is 11.3 Å². The van der Waals surface area contributed by atoms with E-state index in [0.29, 0.717) is 5.56 Å². The van der Waals surface area contributed by atoms with E-state index >= 15 is 0 Å². The molecule has 0 aromatic carbocycles. The summed E-state index contributed by atoms with van der Waals surface area (Å²) < 4.78 is 1.50. The molecule has 0 fully saturated rings. The highest BCUT2D eigenvalue weighted by atomic mass is 16.2. The fourth-order valence-corrected chi connectivity index (χ4v) is 2.36. The molecule has 0 unspecified atom stereocenters. The first-order chi connectivity index (χ1) is 10.5. The number of carbonyl (C=O) groups excluding carboxylic acids is 1. The number of aryl methyl sites for hydroxylation is 2. The standard InChI is InChI=1S/C17H21N3O2/c1-4-15(14-6-5-9-18-10-14)19-16(21)11-20-13(3)8-7-12(2)17(20)22/h5-10,15H,4,11H2,1-3H3,(H,19,21)/t15-/m0/s1. The second-order valence-electron chi connectivity index (χ2n) is 5.36. The van der Waals surface area contributed by atoms with Crippen LogP contribution in [0.2, 0.25) is 0 Å². The van der Waals surface area contributed by atoms with E-state index in [4.69, 9.17) is 0 Å². The number of carbonyl (C=O) groups is 1. The summed E-state index contributed by atoms with van der Waals surface area (Å²) in [6, 6.07) is 7.31. The molecule has 2 rings (SSSR count). The number of aromatic nitrogens is 2. The van der Waals surface area contributed by atoms with Crippen LogP contribution in [-0.4, -0.2) is 15.5 Å². The molecule has 1 amide bonds. The van der Waals surface area contributed by atoms with E-state index in [2.05, 4.69) is 10.3 Å². The smallest absolute Gasteiger partial charge is 0.254 e. The number of nitrogens with one attached hydrogen (secondary N) is 1. The molecule has 116 valence electrons. The van der Waals surface area contributed by atoms with E-state index < -0.39 is 0 Å². The maximum Gasteiger partial charge on any atom is 0.254 e. The minimum atomic E-state index is -0.175. The number of amides is 1. The maximum atomic E-state index is 12.3. The number of pyridine rings is 2. The second kappa shape index (κ2) is 7.02. The molecule has 22 heavy (non-hydrogen) atoms. The Morgan fingerprint density at radius 2 is 2.09 bits per heavy atom. The average Bonchev–Trinajstić information content (AvgIpc) is 2.54. The highest BCUT2D eigenvalue weighted by molar-refractivity contribution is 5.76. The lowest BCUT2D eigenvalue weighted by Crippen LogP contribution is -2.35. The van der Waals surface area contributed by atoms with Gasteiger partial charge >= 0.3 is 0 Å². The van der Waals surface area contributed by atoms with Gasteiger partial charge in [-0.3, -0.25) is 14.6 Å². The minimum Gasteiger partial charge on any atom is -0.348 e. The van der Waals surface area contributed by atoms with Crippen molar-refractivity contribution in [3.8, 4) is 0 Å². The molecule has 0 spiro atoms. The van der Waals surface area contributed by atoms with Crippen LogP contribution in [0.4, 0.5) is 0 Å². The largest absolute Gasteiger partial charge is 0.348 e. The van der Waals surface area contributed by atoms with Crippen LogP contribution < -0.4 is 10.9 Å². The highest BCUT2D eigenvalue weighted by Gasteiger charge is 2.14. The van der Waals surface area contributed by atoms with Crippen molar-refractivity contribution in [3.63, 3.8) is 0 Å². The van der Waals surface area contributed by atoms with Gasteiger partial charge in [0.2, 0.25) is 5.91 Å². The van der Waals surface area contributed by atoms with Crippen LogP contribution >= 0.6 is 0 Å². The van der Waals surface area contributed by atoms with Gasteiger partial charge < -0.3 is 9.88 Å². The van der Waals surface area contributed by atoms with Gasteiger partial charge in [-0.05, 0) is 38.0 Å². The molecule has 1 atom stereocenters. The van der Waals surface area contributed by atoms with Crippen molar-refractivity contribution < 1.29 is 4.79 Å². The average molecular weight is 299 g/mol. The van der Waals surface area contributed by atoms with Gasteiger partial charge in [0.05, 0.1) is 6.04 Å². The summed E-state index contributed by atoms with van der Waals surface area (Å²) in [7, 11) is 0. The molecule has 5 heteroatoms. The van der Waals surface area contributed by atoms with Crippen LogP contribution in [0, 0.1) is 13.8 Å². The summed E-state index contributed by atoms with van der Waals surface area (Å²) in [5.41, 5.74) is 2.26. The first-order valence-corrected chi connectivity index (χ1v) is 7.39. The fraction of sp³-hybridized carbons (Fsp3) is 0.353. The van der Waals surface area contributed by atoms with Gasteiger partial charge in [-0.1, -0.05) is 19.1 Å². The predicted octanol–water partition coefficient (Wildman–Crippen LogP) is 2.13. The molecule has 2 aromatic rings. The Labute approximate surface area is 130 Å². The topological polar surface area (TPSA) is 64.0 Å². The second-order valence-corrected chi connectivity index (χ2v) is 5.36. The van der Waals surface area contributed by atoms with Crippen molar-refractivity contribution in [2.24, 2.45) is 0 Å². The normalized spacial score (nSPS) is 12.0. The van der Waals surface area contributed by atoms with Gasteiger partial charge in [-0.2, -0.15) is 0 Å². The zero-order chi connectivity index (χ0) is 16.1. The first kappa shape index (κ1) is 15.9. The molecule has 0 aliphatic carbocycles. The molecule has 0 aliphatic heterocycles.